The molecular weight excluding hydrogens is 883 g/mol. The number of aliphatic hydroxyl groups is 3. The first-order valence-electron chi connectivity index (χ1n) is 22.1. The molecule has 0 aliphatic carbocycles. The molecule has 19 heteroatoms. The summed E-state index contributed by atoms with van der Waals surface area (Å²) in [7, 11) is 3.89. The second-order valence-electron chi connectivity index (χ2n) is 16.5. The third-order valence-corrected chi connectivity index (χ3v) is 14.2. The fourth-order valence-electron chi connectivity index (χ4n) is 8.55. The zero-order valence-corrected chi connectivity index (χ0v) is 38.9. The molecule has 0 saturated carbocycles. The van der Waals surface area contributed by atoms with Crippen molar-refractivity contribution < 1.29 is 24.1 Å². The van der Waals surface area contributed by atoms with Crippen molar-refractivity contribution in [1.29, 1.82) is 0 Å². The molecule has 15 nitrogen and oxygen atoms in total. The molecule has 0 spiro atoms. The van der Waals surface area contributed by atoms with Gasteiger partial charge in [-0.15, -0.1) is 21.5 Å². The van der Waals surface area contributed by atoms with Crippen molar-refractivity contribution >= 4 is 67.5 Å². The number of thiazole rings is 2. The Balaban J connectivity index is 0.000000166. The molecule has 2 fully saturated rings. The van der Waals surface area contributed by atoms with E-state index in [2.05, 4.69) is 23.6 Å². The summed E-state index contributed by atoms with van der Waals surface area (Å²) < 4.78 is 30.4. The number of benzene rings is 2. The summed E-state index contributed by atoms with van der Waals surface area (Å²) in [6.07, 6.45) is 3.41. The number of anilines is 6. The average Bonchev–Trinajstić information content (AvgIpc) is 4.22. The molecule has 3 N–H and O–H groups in total. The zero-order chi connectivity index (χ0) is 46.1. The van der Waals surface area contributed by atoms with Crippen molar-refractivity contribution in [2.24, 2.45) is 11.8 Å². The van der Waals surface area contributed by atoms with E-state index in [-0.39, 0.29) is 37.4 Å². The van der Waals surface area contributed by atoms with Gasteiger partial charge in [0, 0.05) is 81.8 Å². The quantitative estimate of drug-likeness (QED) is 0.103. The van der Waals surface area contributed by atoms with E-state index >= 15 is 0 Å². The Hall–Kier alpha value is -6.12. The normalized spacial score (nSPS) is 16.1. The number of fused-ring (bicyclic) bond motifs is 2. The second-order valence-corrected chi connectivity index (χ2v) is 18.4. The van der Waals surface area contributed by atoms with Crippen LogP contribution in [-0.2, 0) is 19.4 Å². The molecule has 2 unspecified atom stereocenters. The topological polar surface area (TPSA) is 160 Å². The molecule has 0 bridgehead atoms. The summed E-state index contributed by atoms with van der Waals surface area (Å²) in [6, 6.07) is 20.4. The Morgan fingerprint density at radius 3 is 1.61 bits per heavy atom. The van der Waals surface area contributed by atoms with Gasteiger partial charge in [0.2, 0.25) is 0 Å². The number of aryl methyl sites for hydroxylation is 2. The third kappa shape index (κ3) is 8.92. The van der Waals surface area contributed by atoms with Gasteiger partial charge in [0.15, 0.2) is 33.2 Å². The van der Waals surface area contributed by atoms with E-state index in [1.54, 1.807) is 24.3 Å². The van der Waals surface area contributed by atoms with Crippen molar-refractivity contribution in [1.82, 2.24) is 39.2 Å². The second kappa shape index (κ2) is 19.4. The lowest BCUT2D eigenvalue weighted by Crippen LogP contribution is -2.23. The van der Waals surface area contributed by atoms with Crippen molar-refractivity contribution in [3.05, 3.63) is 106 Å². The van der Waals surface area contributed by atoms with Crippen LogP contribution in [0.15, 0.2) is 78.2 Å². The first-order valence-corrected chi connectivity index (χ1v) is 23.8. The Labute approximate surface area is 388 Å². The van der Waals surface area contributed by atoms with Gasteiger partial charge in [0.1, 0.15) is 23.3 Å². The highest BCUT2D eigenvalue weighted by molar-refractivity contribution is 7.16. The first kappa shape index (κ1) is 45.1. The Morgan fingerprint density at radius 2 is 1.14 bits per heavy atom. The van der Waals surface area contributed by atoms with Crippen LogP contribution in [0.3, 0.4) is 0 Å². The predicted octanol–water partition coefficient (Wildman–Crippen LogP) is 7.77. The van der Waals surface area contributed by atoms with Crippen LogP contribution in [0.5, 0.6) is 0 Å². The maximum atomic E-state index is 13.4. The van der Waals surface area contributed by atoms with Crippen molar-refractivity contribution in [2.75, 3.05) is 73.1 Å². The molecule has 0 amide bonds. The predicted molar refractivity (Wildman–Crippen MR) is 257 cm³/mol. The van der Waals surface area contributed by atoms with Crippen LogP contribution in [0.1, 0.15) is 43.0 Å². The Kier molecular flexibility index (Phi) is 13.2. The molecule has 2 aliphatic rings. The molecule has 0 radical (unpaired) electrons. The van der Waals surface area contributed by atoms with E-state index < -0.39 is 0 Å². The number of aliphatic hydroxyl groups excluding tert-OH is 3. The molecule has 6 aromatic heterocycles. The number of imidazole rings is 2. The minimum absolute atomic E-state index is 0.157. The fourth-order valence-corrected chi connectivity index (χ4v) is 10.3. The summed E-state index contributed by atoms with van der Waals surface area (Å²) in [6.45, 7) is 7.70. The van der Waals surface area contributed by atoms with Gasteiger partial charge >= 0.3 is 0 Å². The maximum Gasteiger partial charge on any atom is 0.191 e. The highest BCUT2D eigenvalue weighted by Gasteiger charge is 2.28. The van der Waals surface area contributed by atoms with Crippen molar-refractivity contribution in [3.8, 4) is 22.5 Å². The number of hydrogen-bond acceptors (Lipinski definition) is 15. The van der Waals surface area contributed by atoms with Gasteiger partial charge in [-0.25, -0.2) is 28.7 Å². The minimum Gasteiger partial charge on any atom is -0.396 e. The van der Waals surface area contributed by atoms with Crippen LogP contribution in [0, 0.1) is 23.5 Å². The number of nitrogens with zero attached hydrogens (tertiary/aromatic N) is 12. The SMILES string of the molecule is CCc1nc2ccc(N3CCC(CO)C3)nn2c1N(C)c1nc(-c2ccc(F)cc2)c(CO)s1.CCc1nc2ccc(N3CCC(CO)C3)nn2c1N(C)c1nc(-c2ccc(F)cc2)cs1. The molecule has 66 heavy (non-hydrogen) atoms. The lowest BCUT2D eigenvalue weighted by Gasteiger charge is -2.19. The van der Waals surface area contributed by atoms with E-state index in [0.717, 1.165) is 120 Å². The van der Waals surface area contributed by atoms with Gasteiger partial charge in [-0.2, -0.15) is 9.03 Å². The van der Waals surface area contributed by atoms with Crippen molar-refractivity contribution in [2.45, 2.75) is 46.1 Å². The van der Waals surface area contributed by atoms with Gasteiger partial charge in [0.25, 0.3) is 0 Å². The fraction of sp³-hybridized carbons (Fsp3) is 0.362. The lowest BCUT2D eigenvalue weighted by molar-refractivity contribution is 0.238. The summed E-state index contributed by atoms with van der Waals surface area (Å²) >= 11 is 2.92. The molecule has 8 aromatic rings. The van der Waals surface area contributed by atoms with Crippen LogP contribution in [-0.4, -0.2) is 108 Å². The van der Waals surface area contributed by atoms with E-state index in [4.69, 9.17) is 30.1 Å². The third-order valence-electron chi connectivity index (χ3n) is 12.2. The van der Waals surface area contributed by atoms with E-state index in [0.29, 0.717) is 21.6 Å². The molecule has 2 saturated heterocycles. The van der Waals surface area contributed by atoms with Crippen LogP contribution in [0.4, 0.5) is 42.3 Å². The number of halogens is 2. The van der Waals surface area contributed by atoms with Crippen LogP contribution in [0.2, 0.25) is 0 Å². The number of hydrogen-bond donors (Lipinski definition) is 3. The van der Waals surface area contributed by atoms with Crippen LogP contribution in [0.25, 0.3) is 33.8 Å². The van der Waals surface area contributed by atoms with E-state index in [9.17, 15) is 24.1 Å². The molecule has 2 aliphatic heterocycles. The molecular formula is C47H52F2N12O3S2. The van der Waals surface area contributed by atoms with Gasteiger partial charge in [-0.3, -0.25) is 0 Å². The van der Waals surface area contributed by atoms with E-state index in [1.807, 2.05) is 62.6 Å². The van der Waals surface area contributed by atoms with Crippen molar-refractivity contribution in [3.63, 3.8) is 0 Å². The van der Waals surface area contributed by atoms with Gasteiger partial charge < -0.3 is 34.9 Å². The van der Waals surface area contributed by atoms with Gasteiger partial charge in [-0.05, 0) is 98.5 Å². The van der Waals surface area contributed by atoms with Gasteiger partial charge in [-0.1, -0.05) is 25.2 Å². The lowest BCUT2D eigenvalue weighted by atomic mass is 10.1. The summed E-state index contributed by atoms with van der Waals surface area (Å²) in [4.78, 5) is 28.2. The highest BCUT2D eigenvalue weighted by atomic mass is 32.1. The van der Waals surface area contributed by atoms with Gasteiger partial charge in [0.05, 0.1) is 34.3 Å². The maximum absolute atomic E-state index is 13.4. The standard InChI is InChI=1S/C24H27FN6O2S.C23H25FN6OS/c1-3-18-23(31-20(26-18)8-9-21(28-31)30-11-10-15(12-30)13-32)29(2)24-27-22(19(14-33)34-24)16-4-6-17(25)7-5-16;1-3-18-22(28(2)23-26-19(14-32-23)16-4-6-17(24)7-5-16)30-20(25-18)8-9-21(27-30)29-11-10-15(12-29)13-31/h4-9,15,32-33H,3,10-14H2,1-2H3;4-9,14-15,31H,3,10-13H2,1-2H3. The molecule has 8 heterocycles. The largest absolute Gasteiger partial charge is 0.396 e. The first-order chi connectivity index (χ1) is 32.1. The smallest absolute Gasteiger partial charge is 0.191 e. The molecule has 2 aromatic carbocycles. The average molecular weight is 935 g/mol. The van der Waals surface area contributed by atoms with Crippen LogP contribution >= 0.6 is 22.7 Å². The summed E-state index contributed by atoms with van der Waals surface area (Å²) in [5, 5.41) is 42.2. The molecule has 10 rings (SSSR count). The Bertz CT molecular complexity index is 2940. The summed E-state index contributed by atoms with van der Waals surface area (Å²) in [5.41, 5.74) is 6.47. The van der Waals surface area contributed by atoms with E-state index in [1.165, 1.54) is 46.9 Å². The monoisotopic (exact) mass is 934 g/mol. The highest BCUT2D eigenvalue weighted by Crippen LogP contribution is 2.38. The van der Waals surface area contributed by atoms with Crippen LogP contribution < -0.4 is 19.6 Å². The minimum atomic E-state index is -0.314. The summed E-state index contributed by atoms with van der Waals surface area (Å²) in [5.74, 6) is 3.43. The zero-order valence-electron chi connectivity index (χ0n) is 37.2. The number of aromatic nitrogens is 8. The molecule has 344 valence electrons. The molecule has 2 atom stereocenters. The number of rotatable bonds is 13. The Morgan fingerprint density at radius 1 is 0.636 bits per heavy atom.